The minimum absolute atomic E-state index is 0.128. The van der Waals surface area contributed by atoms with Crippen LogP contribution >= 0.6 is 0 Å². The lowest BCUT2D eigenvalue weighted by Crippen LogP contribution is -2.34. The van der Waals surface area contributed by atoms with E-state index in [9.17, 15) is 19.2 Å². The van der Waals surface area contributed by atoms with Crippen LogP contribution < -0.4 is 17.2 Å². The van der Waals surface area contributed by atoms with Gasteiger partial charge in [-0.15, -0.1) is 0 Å². The predicted molar refractivity (Wildman–Crippen MR) is 99.8 cm³/mol. The maximum absolute atomic E-state index is 11.9. The van der Waals surface area contributed by atoms with Gasteiger partial charge in [0.1, 0.15) is 6.04 Å². The van der Waals surface area contributed by atoms with Crippen molar-refractivity contribution >= 4 is 35.3 Å². The number of ether oxygens (including phenoxy) is 2. The standard InChI is InChI=1S/C19H19N3O6/c20-13-5-1-11(2-6-13)17(24)27-16(23)10-9-15(22)19(26)28-18(25)12-3-7-14(21)8-4-12/h1-8,15H,9-10,20-22H2. The Morgan fingerprint density at radius 2 is 1.18 bits per heavy atom. The minimum Gasteiger partial charge on any atom is -0.399 e. The topological polar surface area (TPSA) is 165 Å². The third-order valence-electron chi connectivity index (χ3n) is 3.65. The van der Waals surface area contributed by atoms with Gasteiger partial charge in [0, 0.05) is 17.8 Å². The van der Waals surface area contributed by atoms with Crippen LogP contribution in [0.5, 0.6) is 0 Å². The van der Waals surface area contributed by atoms with Crippen LogP contribution in [0.4, 0.5) is 11.4 Å². The van der Waals surface area contributed by atoms with Gasteiger partial charge in [-0.3, -0.25) is 4.79 Å². The molecule has 0 aliphatic rings. The summed E-state index contributed by atoms with van der Waals surface area (Å²) in [5, 5.41) is 0. The van der Waals surface area contributed by atoms with Crippen molar-refractivity contribution < 1.29 is 28.7 Å². The number of nitrogen functional groups attached to an aromatic ring is 2. The molecule has 0 aliphatic heterocycles. The van der Waals surface area contributed by atoms with Gasteiger partial charge in [-0.05, 0) is 55.0 Å². The van der Waals surface area contributed by atoms with Gasteiger partial charge in [-0.25, -0.2) is 14.4 Å². The van der Waals surface area contributed by atoms with Crippen LogP contribution in [0, 0.1) is 0 Å². The van der Waals surface area contributed by atoms with E-state index >= 15 is 0 Å². The first-order valence-corrected chi connectivity index (χ1v) is 8.24. The summed E-state index contributed by atoms with van der Waals surface area (Å²) >= 11 is 0. The first-order valence-electron chi connectivity index (χ1n) is 8.24. The van der Waals surface area contributed by atoms with Gasteiger partial charge in [-0.2, -0.15) is 0 Å². The molecule has 146 valence electrons. The van der Waals surface area contributed by atoms with Gasteiger partial charge in [-0.1, -0.05) is 0 Å². The molecule has 1 unspecified atom stereocenters. The van der Waals surface area contributed by atoms with E-state index < -0.39 is 29.9 Å². The summed E-state index contributed by atoms with van der Waals surface area (Å²) in [6, 6.07) is 10.3. The van der Waals surface area contributed by atoms with E-state index in [-0.39, 0.29) is 24.0 Å². The summed E-state index contributed by atoms with van der Waals surface area (Å²) in [7, 11) is 0. The predicted octanol–water partition coefficient (Wildman–Crippen LogP) is 1.03. The number of carbonyl (C=O) groups excluding carboxylic acids is 4. The lowest BCUT2D eigenvalue weighted by molar-refractivity contribution is -0.140. The van der Waals surface area contributed by atoms with Crippen LogP contribution in [-0.4, -0.2) is 29.9 Å². The molecular weight excluding hydrogens is 366 g/mol. The zero-order chi connectivity index (χ0) is 20.7. The molecule has 0 aliphatic carbocycles. The SMILES string of the molecule is Nc1ccc(C(=O)OC(=O)CCC(N)C(=O)OC(=O)c2ccc(N)cc2)cc1. The minimum atomic E-state index is -1.24. The molecule has 0 spiro atoms. The van der Waals surface area contributed by atoms with Crippen molar-refractivity contribution in [1.82, 2.24) is 0 Å². The number of carbonyl (C=O) groups is 4. The van der Waals surface area contributed by atoms with Gasteiger partial charge in [0.25, 0.3) is 0 Å². The second-order valence-corrected chi connectivity index (χ2v) is 5.86. The fourth-order valence-electron chi connectivity index (χ4n) is 2.07. The number of hydrogen-bond acceptors (Lipinski definition) is 9. The van der Waals surface area contributed by atoms with Gasteiger partial charge >= 0.3 is 23.9 Å². The number of anilines is 2. The number of esters is 4. The zero-order valence-corrected chi connectivity index (χ0v) is 14.8. The zero-order valence-electron chi connectivity index (χ0n) is 14.8. The van der Waals surface area contributed by atoms with Crippen molar-refractivity contribution in [1.29, 1.82) is 0 Å². The summed E-state index contributed by atoms with van der Waals surface area (Å²) in [6.07, 6.45) is -0.477. The van der Waals surface area contributed by atoms with Crippen molar-refractivity contribution in [3.05, 3.63) is 59.7 Å². The maximum atomic E-state index is 11.9. The summed E-state index contributed by atoms with van der Waals surface area (Å²) in [5.41, 5.74) is 17.8. The maximum Gasteiger partial charge on any atom is 0.345 e. The normalized spacial score (nSPS) is 11.3. The van der Waals surface area contributed by atoms with Crippen LogP contribution in [0.1, 0.15) is 33.6 Å². The van der Waals surface area contributed by atoms with Crippen molar-refractivity contribution in [3.8, 4) is 0 Å². The molecule has 0 radical (unpaired) electrons. The second-order valence-electron chi connectivity index (χ2n) is 5.86. The Morgan fingerprint density at radius 3 is 1.64 bits per heavy atom. The highest BCUT2D eigenvalue weighted by Crippen LogP contribution is 2.10. The molecule has 28 heavy (non-hydrogen) atoms. The largest absolute Gasteiger partial charge is 0.399 e. The highest BCUT2D eigenvalue weighted by Gasteiger charge is 2.22. The Balaban J connectivity index is 1.79. The third-order valence-corrected chi connectivity index (χ3v) is 3.65. The molecular formula is C19H19N3O6. The van der Waals surface area contributed by atoms with E-state index in [1.54, 1.807) is 0 Å². The molecule has 6 N–H and O–H groups in total. The summed E-state index contributed by atoms with van der Waals surface area (Å²) in [4.78, 5) is 47.3. The van der Waals surface area contributed by atoms with Crippen molar-refractivity contribution in [3.63, 3.8) is 0 Å². The summed E-state index contributed by atoms with van der Waals surface area (Å²) in [6.45, 7) is 0. The van der Waals surface area contributed by atoms with E-state index in [4.69, 9.17) is 17.2 Å². The van der Waals surface area contributed by atoms with Gasteiger partial charge < -0.3 is 26.7 Å². The van der Waals surface area contributed by atoms with Crippen LogP contribution in [0.3, 0.4) is 0 Å². The van der Waals surface area contributed by atoms with Crippen molar-refractivity contribution in [2.45, 2.75) is 18.9 Å². The quantitative estimate of drug-likeness (QED) is 0.374. The summed E-state index contributed by atoms with van der Waals surface area (Å²) < 4.78 is 9.32. The van der Waals surface area contributed by atoms with Crippen LogP contribution in [-0.2, 0) is 19.1 Å². The Bertz CT molecular complexity index is 878. The molecule has 0 aromatic heterocycles. The van der Waals surface area contributed by atoms with Crippen LogP contribution in [0.25, 0.3) is 0 Å². The Labute approximate surface area is 160 Å². The highest BCUT2D eigenvalue weighted by atomic mass is 16.6. The molecule has 2 aromatic carbocycles. The molecule has 2 aromatic rings. The van der Waals surface area contributed by atoms with Gasteiger partial charge in [0.05, 0.1) is 11.1 Å². The summed E-state index contributed by atoms with van der Waals surface area (Å²) in [5.74, 6) is -3.60. The Kier molecular flexibility index (Phi) is 6.83. The first-order chi connectivity index (χ1) is 13.3. The van der Waals surface area contributed by atoms with E-state index in [2.05, 4.69) is 9.47 Å². The molecule has 0 fully saturated rings. The molecule has 2 rings (SSSR count). The molecule has 0 amide bonds. The number of benzene rings is 2. The van der Waals surface area contributed by atoms with E-state index in [1.165, 1.54) is 48.5 Å². The molecule has 0 saturated carbocycles. The molecule has 0 heterocycles. The molecule has 9 nitrogen and oxygen atoms in total. The highest BCUT2D eigenvalue weighted by molar-refractivity contribution is 5.99. The van der Waals surface area contributed by atoms with Crippen LogP contribution in [0.2, 0.25) is 0 Å². The van der Waals surface area contributed by atoms with Crippen LogP contribution in [0.15, 0.2) is 48.5 Å². The molecule has 0 bridgehead atoms. The Hall–Kier alpha value is -3.72. The number of hydrogen-bond donors (Lipinski definition) is 3. The van der Waals surface area contributed by atoms with Gasteiger partial charge in [0.2, 0.25) is 0 Å². The first kappa shape index (κ1) is 20.6. The number of rotatable bonds is 6. The smallest absolute Gasteiger partial charge is 0.345 e. The van der Waals surface area contributed by atoms with Crippen molar-refractivity contribution in [2.75, 3.05) is 11.5 Å². The second kappa shape index (κ2) is 9.28. The van der Waals surface area contributed by atoms with E-state index in [0.717, 1.165) is 0 Å². The lowest BCUT2D eigenvalue weighted by atomic mass is 10.1. The monoisotopic (exact) mass is 385 g/mol. The third kappa shape index (κ3) is 5.92. The fourth-order valence-corrected chi connectivity index (χ4v) is 2.07. The molecule has 9 heteroatoms. The molecule has 1 atom stereocenters. The van der Waals surface area contributed by atoms with E-state index in [0.29, 0.717) is 11.4 Å². The molecule has 0 saturated heterocycles. The lowest BCUT2D eigenvalue weighted by Gasteiger charge is -2.10. The van der Waals surface area contributed by atoms with Crippen molar-refractivity contribution in [2.24, 2.45) is 5.73 Å². The average Bonchev–Trinajstić information content (AvgIpc) is 2.66. The average molecular weight is 385 g/mol. The van der Waals surface area contributed by atoms with E-state index in [1.807, 2.05) is 0 Å². The van der Waals surface area contributed by atoms with Gasteiger partial charge in [0.15, 0.2) is 0 Å². The Morgan fingerprint density at radius 1 is 0.750 bits per heavy atom. The number of nitrogens with two attached hydrogens (primary N) is 3. The fraction of sp³-hybridized carbons (Fsp3) is 0.158.